The summed E-state index contributed by atoms with van der Waals surface area (Å²) >= 11 is 0. The number of para-hydroxylation sites is 5. The highest BCUT2D eigenvalue weighted by Gasteiger charge is 2.25. The third-order valence-corrected chi connectivity index (χ3v) is 20.3. The molecule has 12 nitrogen and oxygen atoms in total. The first-order chi connectivity index (χ1) is 50.5. The minimum Gasteiger partial charge on any atom is -0.456 e. The van der Waals surface area contributed by atoms with E-state index in [0.717, 1.165) is 181 Å². The highest BCUT2D eigenvalue weighted by atomic mass is 16.3. The highest BCUT2D eigenvalue weighted by Crippen LogP contribution is 2.46. The molecule has 8 aromatic heterocycles. The van der Waals surface area contributed by atoms with Gasteiger partial charge in [0.15, 0.2) is 23.3 Å². The van der Waals surface area contributed by atoms with Crippen molar-refractivity contribution in [2.75, 3.05) is 0 Å². The number of aromatic nitrogens is 8. The maximum atomic E-state index is 6.94. The van der Waals surface area contributed by atoms with Gasteiger partial charge in [-0.2, -0.15) is 19.9 Å². The summed E-state index contributed by atoms with van der Waals surface area (Å²) in [5.41, 5.74) is 19.8. The van der Waals surface area contributed by atoms with Crippen LogP contribution in [0.15, 0.2) is 321 Å². The van der Waals surface area contributed by atoms with E-state index >= 15 is 0 Å². The van der Waals surface area contributed by atoms with Crippen LogP contribution in [0.1, 0.15) is 0 Å². The van der Waals surface area contributed by atoms with E-state index in [2.05, 4.69) is 209 Å². The van der Waals surface area contributed by atoms with Crippen molar-refractivity contribution >= 4 is 131 Å². The van der Waals surface area contributed by atoms with Crippen LogP contribution in [0.2, 0.25) is 0 Å². The van der Waals surface area contributed by atoms with Crippen LogP contribution in [0.4, 0.5) is 0 Å². The summed E-state index contributed by atoms with van der Waals surface area (Å²) in [7, 11) is 0. The van der Waals surface area contributed by atoms with E-state index < -0.39 is 0 Å². The fourth-order valence-electron chi connectivity index (χ4n) is 15.6. The van der Waals surface area contributed by atoms with Crippen molar-refractivity contribution in [1.29, 1.82) is 0 Å². The van der Waals surface area contributed by atoms with Gasteiger partial charge >= 0.3 is 0 Å². The van der Waals surface area contributed by atoms with Crippen molar-refractivity contribution in [3.05, 3.63) is 303 Å². The van der Waals surface area contributed by atoms with Gasteiger partial charge in [-0.1, -0.05) is 206 Å². The van der Waals surface area contributed by atoms with Gasteiger partial charge in [0.1, 0.15) is 44.7 Å². The summed E-state index contributed by atoms with van der Waals surface area (Å²) in [6, 6.07) is 105. The molecular weight excluding hydrogens is 1260 g/mol. The van der Waals surface area contributed by atoms with Gasteiger partial charge in [0.2, 0.25) is 11.9 Å². The Morgan fingerprint density at radius 2 is 0.588 bits per heavy atom. The zero-order valence-electron chi connectivity index (χ0n) is 54.1. The smallest absolute Gasteiger partial charge is 0.238 e. The van der Waals surface area contributed by atoms with Gasteiger partial charge < -0.3 is 17.7 Å². The molecule has 12 heteroatoms. The van der Waals surface area contributed by atoms with Crippen molar-refractivity contribution in [3.63, 3.8) is 0 Å². The second-order valence-corrected chi connectivity index (χ2v) is 26.0. The number of hydrogen-bond donors (Lipinski definition) is 0. The minimum atomic E-state index is 0.499. The molecule has 22 aromatic rings. The molecule has 0 unspecified atom stereocenters. The van der Waals surface area contributed by atoms with Crippen LogP contribution in [0.25, 0.3) is 222 Å². The maximum absolute atomic E-state index is 6.94. The Morgan fingerprint density at radius 3 is 1.21 bits per heavy atom. The first-order valence-electron chi connectivity index (χ1n) is 34.0. The van der Waals surface area contributed by atoms with Crippen LogP contribution >= 0.6 is 0 Å². The maximum Gasteiger partial charge on any atom is 0.238 e. The van der Waals surface area contributed by atoms with E-state index in [1.165, 1.54) is 0 Å². The molecule has 0 amide bonds. The highest BCUT2D eigenvalue weighted by molar-refractivity contribution is 6.19. The normalized spacial score (nSPS) is 12.1. The molecule has 0 aliphatic rings. The number of fused-ring (bicyclic) bond motifs is 18. The van der Waals surface area contributed by atoms with Gasteiger partial charge in [-0.15, -0.1) is 0 Å². The van der Waals surface area contributed by atoms with Crippen molar-refractivity contribution in [1.82, 2.24) is 39.0 Å². The lowest BCUT2D eigenvalue weighted by molar-refractivity contribution is 0.668. The van der Waals surface area contributed by atoms with Gasteiger partial charge in [-0.25, -0.2) is 9.97 Å². The number of rotatable bonds is 9. The minimum absolute atomic E-state index is 0.499. The third kappa shape index (κ3) is 8.56. The van der Waals surface area contributed by atoms with Gasteiger partial charge in [0.25, 0.3) is 0 Å². The van der Waals surface area contributed by atoms with Gasteiger partial charge in [-0.3, -0.25) is 9.13 Å². The van der Waals surface area contributed by atoms with Crippen LogP contribution in [0.5, 0.6) is 0 Å². The molecule has 0 aliphatic heterocycles. The molecule has 0 atom stereocenters. The standard InChI is InChI=1S/C90H50N8O4/c1-3-18-51(19-4-1)85-91-87(95-89(93-85)97-71-30-11-7-22-59(71)60-23-8-12-31-72(60)97)57-38-43-68-81(50-57)101-78-35-17-27-64(83(68)78)65-28-15-29-66-70-47-54(40-45-76(70)102-84(65)66)53-39-44-74-69(46-53)61-24-9-13-32-73(61)98(74)90-94-86(52-20-5-2-6-21-52)92-88(96-90)56-37-42-67-80(49-56)100-77-34-16-26-58(82(67)77)55-36-41-63-62-25-10-14-33-75(62)99-79(63)48-55/h1-50H. The molecule has 0 saturated heterocycles. The van der Waals surface area contributed by atoms with Crippen LogP contribution < -0.4 is 0 Å². The van der Waals surface area contributed by atoms with Gasteiger partial charge in [0, 0.05) is 92.5 Å². The predicted molar refractivity (Wildman–Crippen MR) is 409 cm³/mol. The largest absolute Gasteiger partial charge is 0.456 e. The van der Waals surface area contributed by atoms with E-state index in [1.54, 1.807) is 0 Å². The number of nitrogens with zero attached hydrogens (tertiary/aromatic N) is 8. The summed E-state index contributed by atoms with van der Waals surface area (Å²) in [5.74, 6) is 3.22. The Hall–Kier alpha value is -14.1. The molecule has 474 valence electrons. The summed E-state index contributed by atoms with van der Waals surface area (Å²) in [5, 5.41) is 12.6. The quantitative estimate of drug-likeness (QED) is 0.137. The topological polar surface area (TPSA) is 140 Å². The Bertz CT molecular complexity index is 7230. The predicted octanol–water partition coefficient (Wildman–Crippen LogP) is 23.5. The van der Waals surface area contributed by atoms with Crippen molar-refractivity contribution in [2.45, 2.75) is 0 Å². The van der Waals surface area contributed by atoms with E-state index in [9.17, 15) is 0 Å². The third-order valence-electron chi connectivity index (χ3n) is 20.3. The van der Waals surface area contributed by atoms with Gasteiger partial charge in [0.05, 0.1) is 22.1 Å². The molecule has 0 spiro atoms. The molecule has 14 aromatic carbocycles. The Balaban J connectivity index is 0.623. The average Bonchev–Trinajstić information content (AvgIpc) is 1.57. The van der Waals surface area contributed by atoms with E-state index in [1.807, 2.05) is 103 Å². The molecule has 102 heavy (non-hydrogen) atoms. The molecule has 8 heterocycles. The first-order valence-corrected chi connectivity index (χ1v) is 34.0. The first kappa shape index (κ1) is 56.0. The van der Waals surface area contributed by atoms with E-state index in [4.69, 9.17) is 47.6 Å². The second-order valence-electron chi connectivity index (χ2n) is 26.0. The lowest BCUT2D eigenvalue weighted by Gasteiger charge is -2.11. The van der Waals surface area contributed by atoms with E-state index in [0.29, 0.717) is 40.8 Å². The van der Waals surface area contributed by atoms with Gasteiger partial charge in [-0.05, 0) is 125 Å². The Morgan fingerprint density at radius 1 is 0.196 bits per heavy atom. The zero-order valence-corrected chi connectivity index (χ0v) is 54.1. The fourth-order valence-corrected chi connectivity index (χ4v) is 15.6. The number of benzene rings is 14. The molecule has 0 saturated carbocycles. The second kappa shape index (κ2) is 21.7. The Kier molecular flexibility index (Phi) is 11.9. The monoisotopic (exact) mass is 1310 g/mol. The van der Waals surface area contributed by atoms with Crippen molar-refractivity contribution < 1.29 is 17.7 Å². The average molecular weight is 1310 g/mol. The Labute approximate surface area is 578 Å². The molecule has 0 bridgehead atoms. The van der Waals surface area contributed by atoms with E-state index in [-0.39, 0.29) is 0 Å². The lowest BCUT2D eigenvalue weighted by atomic mass is 9.96. The molecule has 0 N–H and O–H groups in total. The summed E-state index contributed by atoms with van der Waals surface area (Å²) in [4.78, 5) is 31.4. The molecule has 0 fully saturated rings. The molecular formula is C90H50N8O4. The zero-order chi connectivity index (χ0) is 66.7. The van der Waals surface area contributed by atoms with Crippen LogP contribution in [0.3, 0.4) is 0 Å². The molecule has 0 radical (unpaired) electrons. The molecule has 0 aliphatic carbocycles. The van der Waals surface area contributed by atoms with Crippen LogP contribution in [-0.2, 0) is 0 Å². The lowest BCUT2D eigenvalue weighted by Crippen LogP contribution is -2.06. The van der Waals surface area contributed by atoms with Crippen LogP contribution in [-0.4, -0.2) is 39.0 Å². The van der Waals surface area contributed by atoms with Crippen molar-refractivity contribution in [2.24, 2.45) is 0 Å². The summed E-state index contributed by atoms with van der Waals surface area (Å²) in [6.45, 7) is 0. The number of hydrogen-bond acceptors (Lipinski definition) is 10. The van der Waals surface area contributed by atoms with Crippen LogP contribution in [0, 0.1) is 0 Å². The summed E-state index contributed by atoms with van der Waals surface area (Å²) < 4.78 is 31.1. The van der Waals surface area contributed by atoms with Crippen molar-refractivity contribution in [3.8, 4) is 90.8 Å². The molecule has 22 rings (SSSR count). The number of furan rings is 4. The summed E-state index contributed by atoms with van der Waals surface area (Å²) in [6.07, 6.45) is 0. The SMILES string of the molecule is c1ccc(-c2nc(-c3ccc4c(c3)oc3cccc(-c5cccc6c5oc5ccc(-c7ccc8c(c7)c7ccccc7n8-c7nc(-c8ccccc8)nc(-c8ccc9c(c8)oc8cccc(-c%10ccc%11c(c%10)oc%10ccccc%10%11)c89)n7)cc56)c34)nc(-n3c4ccccc4c4ccccc43)n2)cc1. The fraction of sp³-hybridized carbons (Fsp3) is 0.